The molecule has 5 nitrogen and oxygen atoms in total. The van der Waals surface area contributed by atoms with Gasteiger partial charge in [0, 0.05) is 12.1 Å². The molecular formula is C16H18O5S. The van der Waals surface area contributed by atoms with Gasteiger partial charge in [0.1, 0.15) is 0 Å². The maximum atomic E-state index is 12.6. The molecule has 0 aromatic heterocycles. The Balaban J connectivity index is 2.51. The van der Waals surface area contributed by atoms with E-state index in [0.717, 1.165) is 11.6 Å². The average molecular weight is 322 g/mol. The largest absolute Gasteiger partial charge is 0.504 e. The van der Waals surface area contributed by atoms with Gasteiger partial charge in [0.05, 0.1) is 16.4 Å². The Bertz CT molecular complexity index is 764. The van der Waals surface area contributed by atoms with Crippen LogP contribution < -0.4 is 4.74 Å². The lowest BCUT2D eigenvalue weighted by Crippen LogP contribution is -2.03. The zero-order valence-corrected chi connectivity index (χ0v) is 13.2. The summed E-state index contributed by atoms with van der Waals surface area (Å²) in [6.07, 6.45) is 0.690. The molecule has 0 saturated heterocycles. The Hall–Kier alpha value is -2.21. The van der Waals surface area contributed by atoms with Gasteiger partial charge in [-0.15, -0.1) is 0 Å². The second kappa shape index (κ2) is 6.27. The van der Waals surface area contributed by atoms with Crippen LogP contribution in [0.2, 0.25) is 0 Å². The maximum Gasteiger partial charge on any atom is 0.206 e. The van der Waals surface area contributed by atoms with E-state index in [0.29, 0.717) is 13.0 Å². The number of hydrogen-bond donors (Lipinski definition) is 2. The monoisotopic (exact) mass is 322 g/mol. The molecule has 0 unspecified atom stereocenters. The van der Waals surface area contributed by atoms with Crippen molar-refractivity contribution in [3.05, 3.63) is 42.0 Å². The summed E-state index contributed by atoms with van der Waals surface area (Å²) in [7, 11) is -3.79. The van der Waals surface area contributed by atoms with Gasteiger partial charge in [0.15, 0.2) is 11.5 Å². The van der Waals surface area contributed by atoms with Crippen LogP contribution >= 0.6 is 0 Å². The van der Waals surface area contributed by atoms with Crippen LogP contribution in [0.15, 0.2) is 46.2 Å². The molecule has 0 radical (unpaired) electrons. The zero-order chi connectivity index (χ0) is 16.3. The molecule has 22 heavy (non-hydrogen) atoms. The van der Waals surface area contributed by atoms with Gasteiger partial charge in [-0.3, -0.25) is 0 Å². The fourth-order valence-electron chi connectivity index (χ4n) is 1.90. The summed E-state index contributed by atoms with van der Waals surface area (Å²) in [5.74, 6) is -1.04. The topological polar surface area (TPSA) is 83.8 Å². The van der Waals surface area contributed by atoms with Crippen molar-refractivity contribution < 1.29 is 23.4 Å². The van der Waals surface area contributed by atoms with Crippen molar-refractivity contribution in [3.8, 4) is 17.2 Å². The van der Waals surface area contributed by atoms with Gasteiger partial charge in [-0.1, -0.05) is 24.6 Å². The Kier molecular flexibility index (Phi) is 4.61. The molecule has 2 aromatic rings. The second-order valence-electron chi connectivity index (χ2n) is 4.95. The summed E-state index contributed by atoms with van der Waals surface area (Å²) in [5, 5.41) is 19.5. The molecule has 0 amide bonds. The van der Waals surface area contributed by atoms with Gasteiger partial charge in [-0.25, -0.2) is 8.42 Å². The molecule has 0 fully saturated rings. The lowest BCUT2D eigenvalue weighted by Gasteiger charge is -2.11. The zero-order valence-electron chi connectivity index (χ0n) is 12.4. The van der Waals surface area contributed by atoms with Gasteiger partial charge in [0.25, 0.3) is 0 Å². The van der Waals surface area contributed by atoms with E-state index in [2.05, 4.69) is 0 Å². The number of benzene rings is 2. The minimum absolute atomic E-state index is 0.0486. The molecule has 0 bridgehead atoms. The summed E-state index contributed by atoms with van der Waals surface area (Å²) in [6, 6.07) is 8.63. The molecular weight excluding hydrogens is 304 g/mol. The number of aryl methyl sites for hydroxylation is 1. The Morgan fingerprint density at radius 1 is 1.05 bits per heavy atom. The molecule has 0 aliphatic rings. The summed E-state index contributed by atoms with van der Waals surface area (Å²) >= 11 is 0. The smallest absolute Gasteiger partial charge is 0.206 e. The fourth-order valence-corrected chi connectivity index (χ4v) is 3.19. The first-order valence-electron chi connectivity index (χ1n) is 6.86. The highest BCUT2D eigenvalue weighted by molar-refractivity contribution is 7.91. The van der Waals surface area contributed by atoms with Crippen LogP contribution in [0, 0.1) is 6.92 Å². The molecule has 0 spiro atoms. The SMILES string of the molecule is CCCOc1cc(S(=O)(=O)c2ccc(C)cc2)cc(O)c1O. The summed E-state index contributed by atoms with van der Waals surface area (Å²) in [5.41, 5.74) is 0.944. The Morgan fingerprint density at radius 3 is 2.27 bits per heavy atom. The Morgan fingerprint density at radius 2 is 1.68 bits per heavy atom. The number of aromatic hydroxyl groups is 2. The van der Waals surface area contributed by atoms with E-state index < -0.39 is 21.3 Å². The van der Waals surface area contributed by atoms with E-state index in [9.17, 15) is 18.6 Å². The molecule has 0 aliphatic carbocycles. The molecule has 2 N–H and O–H groups in total. The number of sulfone groups is 1. The molecule has 0 atom stereocenters. The van der Waals surface area contributed by atoms with Crippen LogP contribution in [-0.2, 0) is 9.84 Å². The van der Waals surface area contributed by atoms with Gasteiger partial charge in [0.2, 0.25) is 15.6 Å². The van der Waals surface area contributed by atoms with Crippen LogP contribution in [0.4, 0.5) is 0 Å². The van der Waals surface area contributed by atoms with Gasteiger partial charge >= 0.3 is 0 Å². The lowest BCUT2D eigenvalue weighted by atomic mass is 10.2. The number of ether oxygens (including phenoxy) is 1. The second-order valence-corrected chi connectivity index (χ2v) is 6.90. The first-order chi connectivity index (χ1) is 10.4. The molecule has 2 rings (SSSR count). The fraction of sp³-hybridized carbons (Fsp3) is 0.250. The van der Waals surface area contributed by atoms with Gasteiger partial charge < -0.3 is 14.9 Å². The number of hydrogen-bond acceptors (Lipinski definition) is 5. The van der Waals surface area contributed by atoms with Gasteiger partial charge in [-0.05, 0) is 25.5 Å². The van der Waals surface area contributed by atoms with E-state index in [4.69, 9.17) is 4.74 Å². The van der Waals surface area contributed by atoms with Crippen molar-refractivity contribution in [2.45, 2.75) is 30.1 Å². The average Bonchev–Trinajstić information content (AvgIpc) is 2.49. The van der Waals surface area contributed by atoms with Crippen molar-refractivity contribution in [1.82, 2.24) is 0 Å². The molecule has 6 heteroatoms. The molecule has 0 heterocycles. The van der Waals surface area contributed by atoms with Crippen molar-refractivity contribution in [2.75, 3.05) is 6.61 Å². The molecule has 2 aromatic carbocycles. The summed E-state index contributed by atoms with van der Waals surface area (Å²) < 4.78 is 30.5. The van der Waals surface area contributed by atoms with Crippen molar-refractivity contribution in [3.63, 3.8) is 0 Å². The quantitative estimate of drug-likeness (QED) is 0.827. The highest BCUT2D eigenvalue weighted by Crippen LogP contribution is 2.39. The Labute approximate surface area is 129 Å². The molecule has 0 aliphatic heterocycles. The third-order valence-corrected chi connectivity index (χ3v) is 4.88. The van der Waals surface area contributed by atoms with Gasteiger partial charge in [-0.2, -0.15) is 0 Å². The summed E-state index contributed by atoms with van der Waals surface area (Å²) in [4.78, 5) is -0.0117. The number of phenolic OH excluding ortho intramolecular Hbond substituents is 2. The predicted octanol–water partition coefficient (Wildman–Crippen LogP) is 3.03. The maximum absolute atomic E-state index is 12.6. The lowest BCUT2D eigenvalue weighted by molar-refractivity contribution is 0.291. The van der Waals surface area contributed by atoms with Crippen molar-refractivity contribution in [1.29, 1.82) is 0 Å². The van der Waals surface area contributed by atoms with Crippen LogP contribution in [0.5, 0.6) is 17.2 Å². The van der Waals surface area contributed by atoms with E-state index in [1.54, 1.807) is 12.1 Å². The normalized spacial score (nSPS) is 11.4. The molecule has 0 saturated carbocycles. The minimum Gasteiger partial charge on any atom is -0.504 e. The number of phenols is 2. The molecule has 118 valence electrons. The highest BCUT2D eigenvalue weighted by atomic mass is 32.2. The third kappa shape index (κ3) is 3.17. The van der Waals surface area contributed by atoms with E-state index in [1.165, 1.54) is 18.2 Å². The van der Waals surface area contributed by atoms with E-state index >= 15 is 0 Å². The van der Waals surface area contributed by atoms with Crippen LogP contribution in [-0.4, -0.2) is 25.2 Å². The van der Waals surface area contributed by atoms with Crippen LogP contribution in [0.1, 0.15) is 18.9 Å². The van der Waals surface area contributed by atoms with Crippen LogP contribution in [0.3, 0.4) is 0 Å². The predicted molar refractivity (Wildman–Crippen MR) is 82.2 cm³/mol. The van der Waals surface area contributed by atoms with Crippen LogP contribution in [0.25, 0.3) is 0 Å². The highest BCUT2D eigenvalue weighted by Gasteiger charge is 2.22. The summed E-state index contributed by atoms with van der Waals surface area (Å²) in [6.45, 7) is 4.05. The van der Waals surface area contributed by atoms with Crippen molar-refractivity contribution in [2.24, 2.45) is 0 Å². The standard InChI is InChI=1S/C16H18O5S/c1-3-8-21-15-10-13(9-14(17)16(15)18)22(19,20)12-6-4-11(2)5-7-12/h4-7,9-10,17-18H,3,8H2,1-2H3. The number of rotatable bonds is 5. The van der Waals surface area contributed by atoms with E-state index in [-0.39, 0.29) is 15.5 Å². The van der Waals surface area contributed by atoms with Crippen molar-refractivity contribution >= 4 is 9.84 Å². The first-order valence-corrected chi connectivity index (χ1v) is 8.35. The van der Waals surface area contributed by atoms with E-state index in [1.807, 2.05) is 13.8 Å². The minimum atomic E-state index is -3.79. The third-order valence-electron chi connectivity index (χ3n) is 3.13. The first kappa shape index (κ1) is 16.2.